The molecule has 2 aromatic carbocycles. The summed E-state index contributed by atoms with van der Waals surface area (Å²) in [5.41, 5.74) is 2.27. The van der Waals surface area contributed by atoms with Crippen molar-refractivity contribution in [1.29, 1.82) is 0 Å². The molecule has 4 rings (SSSR count). The molecule has 1 N–H and O–H groups in total. The summed E-state index contributed by atoms with van der Waals surface area (Å²) in [5, 5.41) is 4.40. The largest absolute Gasteiger partial charge is 0.378 e. The number of fused-ring (bicyclic) bond motifs is 1. The standard InChI is InChI=1S/C20H17ClFN3O2/c21-13-1-4-15(5-2-13)24-19-16-11-14(22)3-6-18(16)23-12-17(19)20(26)25-7-9-27-10-8-25/h1-6,11-12H,7-10H2,(H,23,24). The van der Waals surface area contributed by atoms with E-state index in [2.05, 4.69) is 10.3 Å². The van der Waals surface area contributed by atoms with Gasteiger partial charge in [-0.2, -0.15) is 0 Å². The van der Waals surface area contributed by atoms with Gasteiger partial charge in [-0.3, -0.25) is 9.78 Å². The third-order valence-corrected chi connectivity index (χ3v) is 4.72. The van der Waals surface area contributed by atoms with Crippen LogP contribution in [0.1, 0.15) is 10.4 Å². The third-order valence-electron chi connectivity index (χ3n) is 4.47. The van der Waals surface area contributed by atoms with Crippen LogP contribution in [0.5, 0.6) is 0 Å². The van der Waals surface area contributed by atoms with Crippen molar-refractivity contribution in [3.63, 3.8) is 0 Å². The number of aromatic nitrogens is 1. The number of ether oxygens (including phenoxy) is 1. The van der Waals surface area contributed by atoms with Crippen LogP contribution in [0.3, 0.4) is 0 Å². The summed E-state index contributed by atoms with van der Waals surface area (Å²) in [6.45, 7) is 2.03. The fraction of sp³-hybridized carbons (Fsp3) is 0.200. The molecule has 0 unspecified atom stereocenters. The number of hydrogen-bond acceptors (Lipinski definition) is 4. The molecule has 0 aliphatic carbocycles. The first kappa shape index (κ1) is 17.7. The minimum atomic E-state index is -0.389. The van der Waals surface area contributed by atoms with Gasteiger partial charge < -0.3 is 15.0 Å². The molecule has 0 bridgehead atoms. The number of benzene rings is 2. The van der Waals surface area contributed by atoms with Crippen LogP contribution in [-0.4, -0.2) is 42.1 Å². The van der Waals surface area contributed by atoms with Gasteiger partial charge in [0.2, 0.25) is 0 Å². The van der Waals surface area contributed by atoms with E-state index in [4.69, 9.17) is 16.3 Å². The molecule has 27 heavy (non-hydrogen) atoms. The number of rotatable bonds is 3. The Bertz CT molecular complexity index is 988. The lowest BCUT2D eigenvalue weighted by atomic mass is 10.1. The van der Waals surface area contributed by atoms with Crippen LogP contribution >= 0.6 is 11.6 Å². The van der Waals surface area contributed by atoms with Crippen molar-refractivity contribution in [2.75, 3.05) is 31.6 Å². The molecule has 7 heteroatoms. The Kier molecular flexibility index (Phi) is 4.92. The van der Waals surface area contributed by atoms with Crippen molar-refractivity contribution in [3.8, 4) is 0 Å². The number of carbonyl (C=O) groups is 1. The van der Waals surface area contributed by atoms with Gasteiger partial charge in [0, 0.05) is 35.4 Å². The maximum absolute atomic E-state index is 13.9. The van der Waals surface area contributed by atoms with E-state index in [9.17, 15) is 9.18 Å². The number of nitrogens with one attached hydrogen (secondary N) is 1. The highest BCUT2D eigenvalue weighted by molar-refractivity contribution is 6.30. The Morgan fingerprint density at radius 2 is 1.89 bits per heavy atom. The number of morpholine rings is 1. The number of carbonyl (C=O) groups excluding carboxylic acids is 1. The Balaban J connectivity index is 1.81. The highest BCUT2D eigenvalue weighted by atomic mass is 35.5. The normalized spacial score (nSPS) is 14.4. The van der Waals surface area contributed by atoms with Gasteiger partial charge in [0.1, 0.15) is 5.82 Å². The predicted molar refractivity (Wildman–Crippen MR) is 103 cm³/mol. The number of pyridine rings is 1. The van der Waals surface area contributed by atoms with Gasteiger partial charge in [-0.05, 0) is 42.5 Å². The van der Waals surface area contributed by atoms with E-state index < -0.39 is 0 Å². The lowest BCUT2D eigenvalue weighted by Crippen LogP contribution is -2.41. The average Bonchev–Trinajstić information content (AvgIpc) is 2.70. The van der Waals surface area contributed by atoms with Gasteiger partial charge in [0.05, 0.1) is 30.0 Å². The first-order valence-corrected chi connectivity index (χ1v) is 8.97. The number of amides is 1. The van der Waals surface area contributed by atoms with E-state index in [1.165, 1.54) is 18.3 Å². The van der Waals surface area contributed by atoms with Crippen molar-refractivity contribution in [3.05, 3.63) is 65.1 Å². The molecule has 1 amide bonds. The minimum Gasteiger partial charge on any atom is -0.378 e. The van der Waals surface area contributed by atoms with Gasteiger partial charge in [-0.15, -0.1) is 0 Å². The van der Waals surface area contributed by atoms with Gasteiger partial charge in [-0.25, -0.2) is 4.39 Å². The van der Waals surface area contributed by atoms with E-state index in [-0.39, 0.29) is 11.7 Å². The van der Waals surface area contributed by atoms with Crippen LogP contribution in [0.15, 0.2) is 48.7 Å². The zero-order valence-electron chi connectivity index (χ0n) is 14.4. The summed E-state index contributed by atoms with van der Waals surface area (Å²) in [6.07, 6.45) is 1.54. The van der Waals surface area contributed by atoms with Crippen molar-refractivity contribution in [1.82, 2.24) is 9.88 Å². The van der Waals surface area contributed by atoms with Gasteiger partial charge in [-0.1, -0.05) is 11.6 Å². The van der Waals surface area contributed by atoms with Crippen molar-refractivity contribution in [2.24, 2.45) is 0 Å². The quantitative estimate of drug-likeness (QED) is 0.732. The number of halogens is 2. The van der Waals surface area contributed by atoms with Crippen molar-refractivity contribution >= 4 is 39.8 Å². The van der Waals surface area contributed by atoms with Crippen LogP contribution in [0.25, 0.3) is 10.9 Å². The smallest absolute Gasteiger partial charge is 0.257 e. The molecule has 0 saturated carbocycles. The maximum Gasteiger partial charge on any atom is 0.257 e. The van der Waals surface area contributed by atoms with Gasteiger partial charge in [0.15, 0.2) is 0 Å². The molecule has 1 saturated heterocycles. The molecule has 138 valence electrons. The molecule has 0 radical (unpaired) electrons. The monoisotopic (exact) mass is 385 g/mol. The Morgan fingerprint density at radius 1 is 1.15 bits per heavy atom. The van der Waals surface area contributed by atoms with Crippen LogP contribution < -0.4 is 5.32 Å². The molecule has 0 spiro atoms. The molecule has 0 atom stereocenters. The molecule has 1 aliphatic heterocycles. The fourth-order valence-corrected chi connectivity index (χ4v) is 3.20. The summed E-state index contributed by atoms with van der Waals surface area (Å²) in [7, 11) is 0. The summed E-state index contributed by atoms with van der Waals surface area (Å²) < 4.78 is 19.2. The van der Waals surface area contributed by atoms with Crippen LogP contribution in [0.4, 0.5) is 15.8 Å². The molecular formula is C20H17ClFN3O2. The van der Waals surface area contributed by atoms with E-state index in [0.29, 0.717) is 53.5 Å². The van der Waals surface area contributed by atoms with Gasteiger partial charge in [0.25, 0.3) is 5.91 Å². The molecule has 1 fully saturated rings. The van der Waals surface area contributed by atoms with Gasteiger partial charge >= 0.3 is 0 Å². The maximum atomic E-state index is 13.9. The van der Waals surface area contributed by atoms with E-state index >= 15 is 0 Å². The van der Waals surface area contributed by atoms with Crippen LogP contribution in [-0.2, 0) is 4.74 Å². The molecule has 1 aliphatic rings. The number of anilines is 2. The molecule has 2 heterocycles. The van der Waals surface area contributed by atoms with Crippen LogP contribution in [0.2, 0.25) is 5.02 Å². The molecular weight excluding hydrogens is 369 g/mol. The molecule has 5 nitrogen and oxygen atoms in total. The summed E-state index contributed by atoms with van der Waals surface area (Å²) in [6, 6.07) is 11.4. The topological polar surface area (TPSA) is 54.5 Å². The zero-order valence-corrected chi connectivity index (χ0v) is 15.2. The Morgan fingerprint density at radius 3 is 2.63 bits per heavy atom. The Labute approximate surface area is 160 Å². The summed E-state index contributed by atoms with van der Waals surface area (Å²) >= 11 is 5.95. The SMILES string of the molecule is O=C(c1cnc2ccc(F)cc2c1Nc1ccc(Cl)cc1)N1CCOCC1. The predicted octanol–water partition coefficient (Wildman–Crippen LogP) is 4.24. The molecule has 3 aromatic rings. The van der Waals surface area contributed by atoms with E-state index in [1.807, 2.05) is 0 Å². The Hall–Kier alpha value is -2.70. The second kappa shape index (κ2) is 7.50. The van der Waals surface area contributed by atoms with Crippen molar-refractivity contribution in [2.45, 2.75) is 0 Å². The first-order chi connectivity index (χ1) is 13.1. The lowest BCUT2D eigenvalue weighted by molar-refractivity contribution is 0.0303. The summed E-state index contributed by atoms with van der Waals surface area (Å²) in [5.74, 6) is -0.548. The highest BCUT2D eigenvalue weighted by Crippen LogP contribution is 2.31. The summed E-state index contributed by atoms with van der Waals surface area (Å²) in [4.78, 5) is 19.1. The fourth-order valence-electron chi connectivity index (χ4n) is 3.08. The number of nitrogens with zero attached hydrogens (tertiary/aromatic N) is 2. The van der Waals surface area contributed by atoms with Crippen molar-refractivity contribution < 1.29 is 13.9 Å². The third kappa shape index (κ3) is 3.72. The second-order valence-electron chi connectivity index (χ2n) is 6.24. The van der Waals surface area contributed by atoms with E-state index in [0.717, 1.165) is 5.69 Å². The van der Waals surface area contributed by atoms with Crippen LogP contribution in [0, 0.1) is 5.82 Å². The first-order valence-electron chi connectivity index (χ1n) is 8.60. The minimum absolute atomic E-state index is 0.159. The highest BCUT2D eigenvalue weighted by Gasteiger charge is 2.23. The molecule has 1 aromatic heterocycles. The average molecular weight is 386 g/mol. The number of hydrogen-bond donors (Lipinski definition) is 1. The van der Waals surface area contributed by atoms with E-state index in [1.54, 1.807) is 35.2 Å². The second-order valence-corrected chi connectivity index (χ2v) is 6.68. The zero-order chi connectivity index (χ0) is 18.8. The lowest BCUT2D eigenvalue weighted by Gasteiger charge is -2.28.